The van der Waals surface area contributed by atoms with Crippen LogP contribution in [0.15, 0.2) is 47.5 Å². The lowest BCUT2D eigenvalue weighted by molar-refractivity contribution is 0.624. The zero-order chi connectivity index (χ0) is 14.4. The van der Waals surface area contributed by atoms with E-state index in [2.05, 4.69) is 71.9 Å². The Balaban J connectivity index is 0.00000220. The number of halogens is 1. The van der Waals surface area contributed by atoms with Gasteiger partial charge in [0.1, 0.15) is 0 Å². The van der Waals surface area contributed by atoms with E-state index in [1.54, 1.807) is 7.05 Å². The monoisotopic (exact) mass is 397 g/mol. The van der Waals surface area contributed by atoms with E-state index in [0.29, 0.717) is 6.04 Å². The molecule has 21 heavy (non-hydrogen) atoms. The Labute approximate surface area is 144 Å². The third-order valence-corrected chi connectivity index (χ3v) is 3.55. The number of fused-ring (bicyclic) bond motifs is 1. The van der Waals surface area contributed by atoms with Gasteiger partial charge in [0.05, 0.1) is 0 Å². The topological polar surface area (TPSA) is 36.4 Å². The van der Waals surface area contributed by atoms with Gasteiger partial charge >= 0.3 is 0 Å². The molecule has 0 spiro atoms. The number of hydrogen-bond acceptors (Lipinski definition) is 1. The second kappa shape index (κ2) is 8.87. The van der Waals surface area contributed by atoms with E-state index < -0.39 is 0 Å². The van der Waals surface area contributed by atoms with Crippen molar-refractivity contribution in [1.29, 1.82) is 0 Å². The first-order valence-corrected chi connectivity index (χ1v) is 7.18. The van der Waals surface area contributed by atoms with E-state index in [-0.39, 0.29) is 24.0 Å². The van der Waals surface area contributed by atoms with Crippen LogP contribution in [0.1, 0.15) is 25.8 Å². The van der Waals surface area contributed by atoms with Crippen LogP contribution in [0.3, 0.4) is 0 Å². The molecule has 0 fully saturated rings. The SMILES string of the molecule is CCC(C)NC(=NC)NCc1cccc2ccccc12.I. The minimum absolute atomic E-state index is 0. The van der Waals surface area contributed by atoms with E-state index in [1.807, 2.05) is 0 Å². The summed E-state index contributed by atoms with van der Waals surface area (Å²) in [4.78, 5) is 4.27. The number of benzene rings is 2. The standard InChI is InChI=1S/C17H23N3.HI/c1-4-13(2)20-17(18-3)19-12-15-10-7-9-14-8-5-6-11-16(14)15;/h5-11,13H,4,12H2,1-3H3,(H2,18,19,20);1H. The van der Waals surface area contributed by atoms with Gasteiger partial charge in [-0.15, -0.1) is 24.0 Å². The lowest BCUT2D eigenvalue weighted by atomic mass is 10.0. The van der Waals surface area contributed by atoms with Gasteiger partial charge in [-0.3, -0.25) is 4.99 Å². The third-order valence-electron chi connectivity index (χ3n) is 3.55. The van der Waals surface area contributed by atoms with Crippen LogP contribution >= 0.6 is 24.0 Å². The highest BCUT2D eigenvalue weighted by Gasteiger charge is 2.04. The molecule has 4 heteroatoms. The molecule has 0 aromatic heterocycles. The minimum atomic E-state index is 0. The highest BCUT2D eigenvalue weighted by Crippen LogP contribution is 2.18. The number of aliphatic imine (C=N–C) groups is 1. The number of hydrogen-bond donors (Lipinski definition) is 2. The number of nitrogens with one attached hydrogen (secondary N) is 2. The van der Waals surface area contributed by atoms with Gasteiger partial charge in [-0.1, -0.05) is 49.4 Å². The molecule has 0 saturated carbocycles. The maximum Gasteiger partial charge on any atom is 0.191 e. The molecule has 0 bridgehead atoms. The average molecular weight is 397 g/mol. The van der Waals surface area contributed by atoms with Crippen molar-refractivity contribution in [2.75, 3.05) is 7.05 Å². The quantitative estimate of drug-likeness (QED) is 0.466. The summed E-state index contributed by atoms with van der Waals surface area (Å²) >= 11 is 0. The van der Waals surface area contributed by atoms with Crippen LogP contribution in [0.5, 0.6) is 0 Å². The second-order valence-electron chi connectivity index (χ2n) is 5.02. The Morgan fingerprint density at radius 2 is 1.86 bits per heavy atom. The fraction of sp³-hybridized carbons (Fsp3) is 0.353. The Kier molecular flexibility index (Phi) is 7.50. The van der Waals surface area contributed by atoms with Gasteiger partial charge in [0.25, 0.3) is 0 Å². The molecule has 0 saturated heterocycles. The molecule has 1 unspecified atom stereocenters. The summed E-state index contributed by atoms with van der Waals surface area (Å²) < 4.78 is 0. The average Bonchev–Trinajstić information content (AvgIpc) is 2.51. The van der Waals surface area contributed by atoms with Gasteiger partial charge in [0.2, 0.25) is 0 Å². The summed E-state index contributed by atoms with van der Waals surface area (Å²) in [7, 11) is 1.81. The molecule has 114 valence electrons. The van der Waals surface area contributed by atoms with Crippen molar-refractivity contribution in [2.45, 2.75) is 32.9 Å². The van der Waals surface area contributed by atoms with Crippen molar-refractivity contribution in [1.82, 2.24) is 10.6 Å². The third kappa shape index (κ3) is 4.88. The summed E-state index contributed by atoms with van der Waals surface area (Å²) in [5, 5.41) is 9.32. The highest BCUT2D eigenvalue weighted by atomic mass is 127. The fourth-order valence-corrected chi connectivity index (χ4v) is 2.16. The van der Waals surface area contributed by atoms with Crippen molar-refractivity contribution >= 4 is 40.7 Å². The predicted octanol–water partition coefficient (Wildman–Crippen LogP) is 3.92. The molecule has 2 N–H and O–H groups in total. The van der Waals surface area contributed by atoms with Crippen LogP contribution in [0.4, 0.5) is 0 Å². The molecule has 1 atom stereocenters. The number of guanidine groups is 1. The number of rotatable bonds is 4. The normalized spacial score (nSPS) is 12.6. The molecular formula is C17H24IN3. The van der Waals surface area contributed by atoms with E-state index in [4.69, 9.17) is 0 Å². The van der Waals surface area contributed by atoms with Crippen molar-refractivity contribution in [2.24, 2.45) is 4.99 Å². The molecule has 0 amide bonds. The molecule has 2 aromatic carbocycles. The molecular weight excluding hydrogens is 373 g/mol. The van der Waals surface area contributed by atoms with Crippen LogP contribution in [0.25, 0.3) is 10.8 Å². The summed E-state index contributed by atoms with van der Waals surface area (Å²) in [6.07, 6.45) is 1.08. The molecule has 0 heterocycles. The number of nitrogens with zero attached hydrogens (tertiary/aromatic N) is 1. The smallest absolute Gasteiger partial charge is 0.191 e. The van der Waals surface area contributed by atoms with Crippen LogP contribution in [-0.4, -0.2) is 19.0 Å². The van der Waals surface area contributed by atoms with Crippen LogP contribution in [-0.2, 0) is 6.54 Å². The molecule has 2 aromatic rings. The predicted molar refractivity (Wildman–Crippen MR) is 102 cm³/mol. The van der Waals surface area contributed by atoms with E-state index in [1.165, 1.54) is 16.3 Å². The Bertz CT molecular complexity index is 590. The van der Waals surface area contributed by atoms with Crippen molar-refractivity contribution in [3.8, 4) is 0 Å². The largest absolute Gasteiger partial charge is 0.354 e. The van der Waals surface area contributed by atoms with E-state index >= 15 is 0 Å². The van der Waals surface area contributed by atoms with Gasteiger partial charge in [-0.2, -0.15) is 0 Å². The van der Waals surface area contributed by atoms with Crippen LogP contribution in [0, 0.1) is 0 Å². The van der Waals surface area contributed by atoms with Crippen molar-refractivity contribution in [3.05, 3.63) is 48.0 Å². The Hall–Kier alpha value is -1.30. The lowest BCUT2D eigenvalue weighted by Gasteiger charge is -2.17. The molecule has 0 radical (unpaired) electrons. The van der Waals surface area contributed by atoms with E-state index in [9.17, 15) is 0 Å². The van der Waals surface area contributed by atoms with Gasteiger partial charge in [-0.25, -0.2) is 0 Å². The Morgan fingerprint density at radius 3 is 2.57 bits per heavy atom. The molecule has 0 aliphatic heterocycles. The van der Waals surface area contributed by atoms with Crippen molar-refractivity contribution in [3.63, 3.8) is 0 Å². The maximum absolute atomic E-state index is 4.27. The summed E-state index contributed by atoms with van der Waals surface area (Å²) in [5.74, 6) is 0.854. The van der Waals surface area contributed by atoms with Crippen LogP contribution in [0.2, 0.25) is 0 Å². The second-order valence-corrected chi connectivity index (χ2v) is 5.02. The van der Waals surface area contributed by atoms with Gasteiger partial charge in [0.15, 0.2) is 5.96 Å². The first-order chi connectivity index (χ1) is 9.74. The van der Waals surface area contributed by atoms with Crippen LogP contribution < -0.4 is 10.6 Å². The molecule has 3 nitrogen and oxygen atoms in total. The van der Waals surface area contributed by atoms with Gasteiger partial charge in [0, 0.05) is 19.6 Å². The lowest BCUT2D eigenvalue weighted by Crippen LogP contribution is -2.41. The molecule has 0 aliphatic rings. The maximum atomic E-state index is 4.27. The zero-order valence-corrected chi connectivity index (χ0v) is 15.2. The fourth-order valence-electron chi connectivity index (χ4n) is 2.16. The van der Waals surface area contributed by atoms with Gasteiger partial charge in [-0.05, 0) is 29.7 Å². The summed E-state index contributed by atoms with van der Waals surface area (Å²) in [6, 6.07) is 15.3. The van der Waals surface area contributed by atoms with E-state index in [0.717, 1.165) is 18.9 Å². The highest BCUT2D eigenvalue weighted by molar-refractivity contribution is 14.0. The van der Waals surface area contributed by atoms with Gasteiger partial charge < -0.3 is 10.6 Å². The minimum Gasteiger partial charge on any atom is -0.354 e. The summed E-state index contributed by atoms with van der Waals surface area (Å²) in [6.45, 7) is 5.10. The molecule has 0 aliphatic carbocycles. The Morgan fingerprint density at radius 1 is 1.14 bits per heavy atom. The summed E-state index contributed by atoms with van der Waals surface area (Å²) in [5.41, 5.74) is 1.29. The first kappa shape index (κ1) is 17.8. The van der Waals surface area contributed by atoms with Crippen molar-refractivity contribution < 1.29 is 0 Å². The zero-order valence-electron chi connectivity index (χ0n) is 12.9. The molecule has 2 rings (SSSR count). The first-order valence-electron chi connectivity index (χ1n) is 7.18.